The molecule has 0 aliphatic rings. The highest BCUT2D eigenvalue weighted by atomic mass is 16.2. The van der Waals surface area contributed by atoms with Gasteiger partial charge in [0.15, 0.2) is 0 Å². The van der Waals surface area contributed by atoms with E-state index in [1.807, 2.05) is 19.1 Å². The van der Waals surface area contributed by atoms with Gasteiger partial charge in [-0.3, -0.25) is 4.98 Å². The average Bonchev–Trinajstić information content (AvgIpc) is 2.37. The Kier molecular flexibility index (Phi) is 6.19. The lowest BCUT2D eigenvalue weighted by Crippen LogP contribution is -2.41. The molecule has 2 atom stereocenters. The van der Waals surface area contributed by atoms with Crippen LogP contribution >= 0.6 is 0 Å². The maximum Gasteiger partial charge on any atom is 0.315 e. The van der Waals surface area contributed by atoms with E-state index in [9.17, 15) is 4.79 Å². The van der Waals surface area contributed by atoms with Crippen LogP contribution in [0, 0.1) is 5.92 Å². The molecule has 0 bridgehead atoms. The molecule has 0 saturated heterocycles. The molecule has 0 saturated carbocycles. The van der Waals surface area contributed by atoms with Gasteiger partial charge in [-0.05, 0) is 37.0 Å². The normalized spacial score (nSPS) is 13.7. The van der Waals surface area contributed by atoms with Gasteiger partial charge in [0, 0.05) is 25.0 Å². The Balaban J connectivity index is 2.25. The van der Waals surface area contributed by atoms with Gasteiger partial charge in [0.1, 0.15) is 0 Å². The zero-order valence-corrected chi connectivity index (χ0v) is 11.4. The van der Waals surface area contributed by atoms with Crippen LogP contribution in [0.3, 0.4) is 0 Å². The smallest absolute Gasteiger partial charge is 0.315 e. The topological polar surface area (TPSA) is 54.0 Å². The van der Waals surface area contributed by atoms with Gasteiger partial charge in [-0.2, -0.15) is 0 Å². The first-order valence-corrected chi connectivity index (χ1v) is 6.55. The number of amides is 2. The molecule has 4 heteroatoms. The van der Waals surface area contributed by atoms with Crippen molar-refractivity contribution in [3.8, 4) is 0 Å². The van der Waals surface area contributed by atoms with Crippen molar-refractivity contribution in [2.75, 3.05) is 0 Å². The number of nitrogens with zero attached hydrogens (tertiary/aromatic N) is 1. The minimum atomic E-state index is -0.109. The molecule has 1 aromatic rings. The summed E-state index contributed by atoms with van der Waals surface area (Å²) >= 11 is 0. The van der Waals surface area contributed by atoms with E-state index in [1.54, 1.807) is 12.4 Å². The largest absolute Gasteiger partial charge is 0.336 e. The second-order valence-electron chi connectivity index (χ2n) is 4.83. The molecule has 1 aromatic heterocycles. The van der Waals surface area contributed by atoms with Crippen LogP contribution in [0.25, 0.3) is 0 Å². The Morgan fingerprint density at radius 1 is 1.33 bits per heavy atom. The number of carbonyl (C=O) groups is 1. The van der Waals surface area contributed by atoms with E-state index in [0.29, 0.717) is 12.5 Å². The first-order valence-electron chi connectivity index (χ1n) is 6.55. The van der Waals surface area contributed by atoms with Crippen molar-refractivity contribution in [1.29, 1.82) is 0 Å². The zero-order chi connectivity index (χ0) is 13.4. The predicted octanol–water partition coefficient (Wildman–Crippen LogP) is 2.71. The van der Waals surface area contributed by atoms with Crippen LogP contribution in [-0.2, 0) is 6.54 Å². The highest BCUT2D eigenvalue weighted by Crippen LogP contribution is 2.09. The van der Waals surface area contributed by atoms with Gasteiger partial charge in [0.05, 0.1) is 0 Å². The molecule has 0 fully saturated rings. The second kappa shape index (κ2) is 7.69. The molecule has 0 aliphatic heterocycles. The molecule has 1 heterocycles. The Morgan fingerprint density at radius 3 is 2.61 bits per heavy atom. The van der Waals surface area contributed by atoms with Crippen molar-refractivity contribution < 1.29 is 4.79 Å². The standard InChI is InChI=1S/C14H23N3O/c1-4-11(2)9-12(3)17-14(18)16-10-13-5-7-15-8-6-13/h5-8,11-12H,4,9-10H2,1-3H3,(H2,16,17,18)/t11-,12+/m1/s1. The van der Waals surface area contributed by atoms with Gasteiger partial charge in [-0.15, -0.1) is 0 Å². The third-order valence-electron chi connectivity index (χ3n) is 3.03. The summed E-state index contributed by atoms with van der Waals surface area (Å²) in [5.41, 5.74) is 1.05. The molecule has 2 amide bonds. The lowest BCUT2D eigenvalue weighted by atomic mass is 10.0. The van der Waals surface area contributed by atoms with E-state index in [0.717, 1.165) is 18.4 Å². The number of aromatic nitrogens is 1. The van der Waals surface area contributed by atoms with Crippen molar-refractivity contribution in [3.63, 3.8) is 0 Å². The van der Waals surface area contributed by atoms with Crippen LogP contribution in [0.1, 0.15) is 39.2 Å². The summed E-state index contributed by atoms with van der Waals surface area (Å²) in [4.78, 5) is 15.6. The van der Waals surface area contributed by atoms with E-state index >= 15 is 0 Å². The van der Waals surface area contributed by atoms with Crippen molar-refractivity contribution in [2.24, 2.45) is 5.92 Å². The maximum absolute atomic E-state index is 11.7. The highest BCUT2D eigenvalue weighted by Gasteiger charge is 2.09. The number of hydrogen-bond donors (Lipinski definition) is 2. The van der Waals surface area contributed by atoms with Gasteiger partial charge in [-0.1, -0.05) is 20.3 Å². The third kappa shape index (κ3) is 5.66. The van der Waals surface area contributed by atoms with Gasteiger partial charge >= 0.3 is 6.03 Å². The Morgan fingerprint density at radius 2 is 2.00 bits per heavy atom. The van der Waals surface area contributed by atoms with Crippen LogP contribution in [0.4, 0.5) is 4.79 Å². The summed E-state index contributed by atoms with van der Waals surface area (Å²) in [6.07, 6.45) is 5.60. The van der Waals surface area contributed by atoms with Crippen LogP contribution < -0.4 is 10.6 Å². The zero-order valence-electron chi connectivity index (χ0n) is 11.4. The number of hydrogen-bond acceptors (Lipinski definition) is 2. The quantitative estimate of drug-likeness (QED) is 0.814. The summed E-state index contributed by atoms with van der Waals surface area (Å²) in [5.74, 6) is 0.639. The first kappa shape index (κ1) is 14.5. The van der Waals surface area contributed by atoms with Crippen molar-refractivity contribution >= 4 is 6.03 Å². The lowest BCUT2D eigenvalue weighted by Gasteiger charge is -2.17. The third-order valence-corrected chi connectivity index (χ3v) is 3.03. The lowest BCUT2D eigenvalue weighted by molar-refractivity contribution is 0.235. The van der Waals surface area contributed by atoms with Gasteiger partial charge in [-0.25, -0.2) is 4.79 Å². The highest BCUT2D eigenvalue weighted by molar-refractivity contribution is 5.74. The van der Waals surface area contributed by atoms with Gasteiger partial charge in [0.25, 0.3) is 0 Å². The molecular formula is C14H23N3O. The second-order valence-corrected chi connectivity index (χ2v) is 4.83. The van der Waals surface area contributed by atoms with E-state index in [-0.39, 0.29) is 12.1 Å². The Labute approximate surface area is 109 Å². The number of rotatable bonds is 6. The molecule has 18 heavy (non-hydrogen) atoms. The minimum Gasteiger partial charge on any atom is -0.336 e. The molecule has 0 unspecified atom stereocenters. The molecule has 0 radical (unpaired) electrons. The van der Waals surface area contributed by atoms with Gasteiger partial charge in [0.2, 0.25) is 0 Å². The maximum atomic E-state index is 11.7. The number of nitrogens with one attached hydrogen (secondary N) is 2. The molecule has 0 spiro atoms. The SMILES string of the molecule is CC[C@@H](C)C[C@H](C)NC(=O)NCc1ccncc1. The fourth-order valence-corrected chi connectivity index (χ4v) is 1.79. The summed E-state index contributed by atoms with van der Waals surface area (Å²) in [7, 11) is 0. The fraction of sp³-hybridized carbons (Fsp3) is 0.571. The van der Waals surface area contributed by atoms with E-state index in [1.165, 1.54) is 0 Å². The molecule has 4 nitrogen and oxygen atoms in total. The number of pyridine rings is 1. The average molecular weight is 249 g/mol. The van der Waals surface area contributed by atoms with Crippen molar-refractivity contribution in [2.45, 2.75) is 46.2 Å². The number of urea groups is 1. The number of carbonyl (C=O) groups excluding carboxylic acids is 1. The predicted molar refractivity (Wildman–Crippen MR) is 73.1 cm³/mol. The summed E-state index contributed by atoms with van der Waals surface area (Å²) in [6, 6.07) is 3.88. The first-order chi connectivity index (χ1) is 8.61. The van der Waals surface area contributed by atoms with Crippen LogP contribution in [0.2, 0.25) is 0 Å². The van der Waals surface area contributed by atoms with Crippen LogP contribution in [0.15, 0.2) is 24.5 Å². The summed E-state index contributed by atoms with van der Waals surface area (Å²) in [6.45, 7) is 6.94. The Bertz CT molecular complexity index is 353. The molecular weight excluding hydrogens is 226 g/mol. The molecule has 2 N–H and O–H groups in total. The van der Waals surface area contributed by atoms with Gasteiger partial charge < -0.3 is 10.6 Å². The van der Waals surface area contributed by atoms with Crippen molar-refractivity contribution in [3.05, 3.63) is 30.1 Å². The Hall–Kier alpha value is -1.58. The molecule has 1 rings (SSSR count). The molecule has 100 valence electrons. The fourth-order valence-electron chi connectivity index (χ4n) is 1.79. The van der Waals surface area contributed by atoms with E-state index in [2.05, 4.69) is 29.5 Å². The van der Waals surface area contributed by atoms with E-state index < -0.39 is 0 Å². The molecule has 0 aliphatic carbocycles. The van der Waals surface area contributed by atoms with Crippen LogP contribution in [-0.4, -0.2) is 17.1 Å². The summed E-state index contributed by atoms with van der Waals surface area (Å²) < 4.78 is 0. The monoisotopic (exact) mass is 249 g/mol. The minimum absolute atomic E-state index is 0.109. The van der Waals surface area contributed by atoms with Crippen molar-refractivity contribution in [1.82, 2.24) is 15.6 Å². The van der Waals surface area contributed by atoms with E-state index in [4.69, 9.17) is 0 Å². The van der Waals surface area contributed by atoms with Crippen LogP contribution in [0.5, 0.6) is 0 Å². The summed E-state index contributed by atoms with van der Waals surface area (Å²) in [5, 5.41) is 5.79. The molecule has 0 aromatic carbocycles.